The van der Waals surface area contributed by atoms with Crippen LogP contribution in [0.3, 0.4) is 0 Å². The van der Waals surface area contributed by atoms with Crippen molar-refractivity contribution in [1.29, 1.82) is 0 Å². The minimum atomic E-state index is -4.27. The standard InChI is InChI=1S/C8H18O4S.Na/c1-3-4-5-6-7-8(2)12-13(9,10)11;/h8H,3-7H2,1-2H3,(H,9,10,11);/q;+1. The van der Waals surface area contributed by atoms with E-state index in [1.165, 1.54) is 0 Å². The van der Waals surface area contributed by atoms with E-state index in [0.717, 1.165) is 25.7 Å². The van der Waals surface area contributed by atoms with Gasteiger partial charge in [-0.15, -0.1) is 0 Å². The zero-order chi connectivity index (χ0) is 10.3. The van der Waals surface area contributed by atoms with Crippen LogP contribution < -0.4 is 29.6 Å². The summed E-state index contributed by atoms with van der Waals surface area (Å²) in [6, 6.07) is 0. The van der Waals surface area contributed by atoms with Gasteiger partial charge in [0, 0.05) is 0 Å². The minimum absolute atomic E-state index is 0. The fourth-order valence-corrected chi connectivity index (χ4v) is 1.63. The second kappa shape index (κ2) is 9.12. The third-order valence-electron chi connectivity index (χ3n) is 1.75. The van der Waals surface area contributed by atoms with E-state index < -0.39 is 16.5 Å². The topological polar surface area (TPSA) is 63.6 Å². The average Bonchev–Trinajstić information content (AvgIpc) is 1.94. The molecule has 0 fully saturated rings. The van der Waals surface area contributed by atoms with Gasteiger partial charge in [-0.3, -0.25) is 4.55 Å². The first-order valence-electron chi connectivity index (χ1n) is 4.61. The molecule has 0 spiro atoms. The third-order valence-corrected chi connectivity index (χ3v) is 2.32. The molecular formula is C8H18NaO4S+. The first-order chi connectivity index (χ1) is 5.95. The van der Waals surface area contributed by atoms with Crippen molar-refractivity contribution in [2.45, 2.75) is 52.1 Å². The molecule has 14 heavy (non-hydrogen) atoms. The molecule has 0 rings (SSSR count). The first kappa shape index (κ1) is 17.3. The number of rotatable bonds is 7. The van der Waals surface area contributed by atoms with Crippen LogP contribution >= 0.6 is 0 Å². The van der Waals surface area contributed by atoms with Crippen LogP contribution in [0, 0.1) is 0 Å². The smallest absolute Gasteiger partial charge is 0.264 e. The van der Waals surface area contributed by atoms with Crippen LogP contribution in [0.5, 0.6) is 0 Å². The van der Waals surface area contributed by atoms with Gasteiger partial charge in [-0.1, -0.05) is 32.6 Å². The summed E-state index contributed by atoms with van der Waals surface area (Å²) in [5.74, 6) is 0. The van der Waals surface area contributed by atoms with Crippen molar-refractivity contribution in [2.75, 3.05) is 0 Å². The van der Waals surface area contributed by atoms with Gasteiger partial charge in [-0.2, -0.15) is 8.42 Å². The van der Waals surface area contributed by atoms with Gasteiger partial charge in [0.15, 0.2) is 0 Å². The molecule has 6 heteroatoms. The maximum absolute atomic E-state index is 10.3. The molecule has 0 heterocycles. The largest absolute Gasteiger partial charge is 1.00 e. The fraction of sp³-hybridized carbons (Fsp3) is 1.00. The minimum Gasteiger partial charge on any atom is -0.264 e. The van der Waals surface area contributed by atoms with Crippen molar-refractivity contribution in [3.8, 4) is 0 Å². The van der Waals surface area contributed by atoms with Crippen molar-refractivity contribution in [2.24, 2.45) is 0 Å². The van der Waals surface area contributed by atoms with E-state index in [9.17, 15) is 8.42 Å². The van der Waals surface area contributed by atoms with E-state index in [1.807, 2.05) is 0 Å². The molecule has 80 valence electrons. The summed E-state index contributed by atoms with van der Waals surface area (Å²) in [4.78, 5) is 0. The molecule has 0 saturated heterocycles. The molecule has 0 aliphatic heterocycles. The molecule has 4 nitrogen and oxygen atoms in total. The molecule has 1 atom stereocenters. The van der Waals surface area contributed by atoms with Crippen LogP contribution in [0.4, 0.5) is 0 Å². The fourth-order valence-electron chi connectivity index (χ4n) is 1.11. The van der Waals surface area contributed by atoms with Gasteiger partial charge in [0.05, 0.1) is 6.10 Å². The van der Waals surface area contributed by atoms with E-state index >= 15 is 0 Å². The molecule has 0 bridgehead atoms. The Hall–Kier alpha value is 0.870. The van der Waals surface area contributed by atoms with E-state index in [-0.39, 0.29) is 29.6 Å². The summed E-state index contributed by atoms with van der Waals surface area (Å²) in [6.07, 6.45) is 4.55. The van der Waals surface area contributed by atoms with Gasteiger partial charge in [0.1, 0.15) is 0 Å². The van der Waals surface area contributed by atoms with Gasteiger partial charge in [-0.05, 0) is 13.3 Å². The Bertz CT molecular complexity index is 215. The predicted octanol–water partition coefficient (Wildman–Crippen LogP) is -0.831. The third kappa shape index (κ3) is 12.9. The van der Waals surface area contributed by atoms with Crippen molar-refractivity contribution >= 4 is 10.4 Å². The molecule has 0 aromatic rings. The molecule has 0 aromatic heterocycles. The first-order valence-corrected chi connectivity index (χ1v) is 5.98. The van der Waals surface area contributed by atoms with Crippen molar-refractivity contribution in [3.05, 3.63) is 0 Å². The Kier molecular flexibility index (Phi) is 11.3. The summed E-state index contributed by atoms with van der Waals surface area (Å²) in [7, 11) is -4.27. The summed E-state index contributed by atoms with van der Waals surface area (Å²) < 4.78 is 33.2. The molecule has 0 saturated carbocycles. The second-order valence-corrected chi connectivity index (χ2v) is 4.23. The Morgan fingerprint density at radius 1 is 1.29 bits per heavy atom. The Morgan fingerprint density at radius 2 is 1.86 bits per heavy atom. The summed E-state index contributed by atoms with van der Waals surface area (Å²) >= 11 is 0. The van der Waals surface area contributed by atoms with Gasteiger partial charge in [0.2, 0.25) is 0 Å². The Labute approximate surface area is 109 Å². The molecule has 1 N–H and O–H groups in total. The summed E-state index contributed by atoms with van der Waals surface area (Å²) in [5.41, 5.74) is 0. The number of hydrogen-bond donors (Lipinski definition) is 1. The quantitative estimate of drug-likeness (QED) is 0.354. The molecule has 1 unspecified atom stereocenters. The number of unbranched alkanes of at least 4 members (excludes halogenated alkanes) is 3. The van der Waals surface area contributed by atoms with Gasteiger partial charge in [0.25, 0.3) is 0 Å². The molecule has 0 radical (unpaired) electrons. The van der Waals surface area contributed by atoms with E-state index in [1.54, 1.807) is 6.92 Å². The van der Waals surface area contributed by atoms with Crippen molar-refractivity contribution in [1.82, 2.24) is 0 Å². The SMILES string of the molecule is CCCCCCC(C)OS(=O)(=O)O.[Na+]. The zero-order valence-electron chi connectivity index (χ0n) is 9.19. The number of hydrogen-bond acceptors (Lipinski definition) is 3. The van der Waals surface area contributed by atoms with Gasteiger partial charge >= 0.3 is 40.0 Å². The molecule has 0 aliphatic rings. The molecule has 0 amide bonds. The van der Waals surface area contributed by atoms with Crippen LogP contribution in [-0.4, -0.2) is 19.1 Å². The predicted molar refractivity (Wildman–Crippen MR) is 50.9 cm³/mol. The van der Waals surface area contributed by atoms with Crippen LogP contribution in [0.25, 0.3) is 0 Å². The van der Waals surface area contributed by atoms with E-state index in [2.05, 4.69) is 11.1 Å². The summed E-state index contributed by atoms with van der Waals surface area (Å²) in [6.45, 7) is 3.75. The van der Waals surface area contributed by atoms with Crippen LogP contribution in [0.2, 0.25) is 0 Å². The summed E-state index contributed by atoms with van der Waals surface area (Å²) in [5, 5.41) is 0. The van der Waals surface area contributed by atoms with Crippen LogP contribution in [0.1, 0.15) is 46.0 Å². The van der Waals surface area contributed by atoms with Crippen LogP contribution in [-0.2, 0) is 14.6 Å². The van der Waals surface area contributed by atoms with Crippen LogP contribution in [0.15, 0.2) is 0 Å². The van der Waals surface area contributed by atoms with E-state index in [4.69, 9.17) is 4.55 Å². The maximum atomic E-state index is 10.3. The average molecular weight is 233 g/mol. The normalized spacial score (nSPS) is 13.4. The van der Waals surface area contributed by atoms with Gasteiger partial charge in [-0.25, -0.2) is 4.18 Å². The van der Waals surface area contributed by atoms with E-state index in [0.29, 0.717) is 6.42 Å². The molecule has 0 aliphatic carbocycles. The zero-order valence-corrected chi connectivity index (χ0v) is 12.0. The molecular weight excluding hydrogens is 215 g/mol. The maximum Gasteiger partial charge on any atom is 1.00 e. The second-order valence-electron chi connectivity index (χ2n) is 3.18. The Morgan fingerprint density at radius 3 is 2.29 bits per heavy atom. The Balaban J connectivity index is 0. The van der Waals surface area contributed by atoms with Crippen molar-refractivity contribution < 1.29 is 46.7 Å². The molecule has 0 aromatic carbocycles. The van der Waals surface area contributed by atoms with Crippen molar-refractivity contribution in [3.63, 3.8) is 0 Å². The monoisotopic (exact) mass is 233 g/mol. The van der Waals surface area contributed by atoms with Gasteiger partial charge < -0.3 is 0 Å².